The number of benzene rings is 2. The largest absolute Gasteiger partial charge is 0.493 e. The molecule has 0 bridgehead atoms. The fourth-order valence-electron chi connectivity index (χ4n) is 3.87. The summed E-state index contributed by atoms with van der Waals surface area (Å²) in [4.78, 5) is 32.0. The number of rotatable bonds is 5. The maximum Gasteiger partial charge on any atom is 0.254 e. The first-order valence-corrected chi connectivity index (χ1v) is 9.29. The molecule has 2 atom stereocenters. The number of hydrogen-bond acceptors (Lipinski definition) is 6. The van der Waals surface area contributed by atoms with Crippen LogP contribution in [0.25, 0.3) is 0 Å². The average molecular weight is 407 g/mol. The Labute approximate surface area is 173 Å². The summed E-state index contributed by atoms with van der Waals surface area (Å²) in [5, 5.41) is 9.15. The molecule has 9 nitrogen and oxygen atoms in total. The monoisotopic (exact) mass is 407 g/mol. The molecule has 154 valence electrons. The highest BCUT2D eigenvalue weighted by atomic mass is 16.5. The summed E-state index contributed by atoms with van der Waals surface area (Å²) in [6.45, 7) is 0. The maximum atomic E-state index is 13.3. The van der Waals surface area contributed by atoms with E-state index in [9.17, 15) is 9.59 Å². The molecule has 2 N–H and O–H groups in total. The second-order valence-electron chi connectivity index (χ2n) is 6.86. The summed E-state index contributed by atoms with van der Waals surface area (Å²) in [5.41, 5.74) is 1.89. The van der Waals surface area contributed by atoms with Crippen LogP contribution in [-0.2, 0) is 4.79 Å². The van der Waals surface area contributed by atoms with E-state index >= 15 is 0 Å². The lowest BCUT2D eigenvalue weighted by Crippen LogP contribution is -2.44. The van der Waals surface area contributed by atoms with Crippen LogP contribution in [0, 0.1) is 0 Å². The van der Waals surface area contributed by atoms with Crippen LogP contribution in [0.15, 0.2) is 48.8 Å². The molecule has 1 aliphatic heterocycles. The zero-order valence-corrected chi connectivity index (χ0v) is 16.7. The van der Waals surface area contributed by atoms with Crippen molar-refractivity contribution in [2.75, 3.05) is 26.6 Å². The third-order valence-corrected chi connectivity index (χ3v) is 5.27. The number of amides is 2. The van der Waals surface area contributed by atoms with Crippen molar-refractivity contribution in [3.63, 3.8) is 0 Å². The molecule has 0 spiro atoms. The molecule has 2 amide bonds. The van der Waals surface area contributed by atoms with Crippen LogP contribution in [0.2, 0.25) is 0 Å². The zero-order chi connectivity index (χ0) is 21.3. The smallest absolute Gasteiger partial charge is 0.254 e. The van der Waals surface area contributed by atoms with Crippen molar-refractivity contribution in [1.29, 1.82) is 0 Å². The van der Waals surface area contributed by atoms with Crippen LogP contribution in [0.5, 0.6) is 11.5 Å². The van der Waals surface area contributed by atoms with E-state index in [1.807, 2.05) is 12.1 Å². The Hall–Kier alpha value is -3.88. The van der Waals surface area contributed by atoms with Crippen molar-refractivity contribution in [2.45, 2.75) is 12.0 Å². The number of aromatic nitrogens is 3. The lowest BCUT2D eigenvalue weighted by molar-refractivity contribution is -0.119. The molecule has 4 rings (SSSR count). The molecule has 0 radical (unpaired) electrons. The van der Waals surface area contributed by atoms with E-state index < -0.39 is 12.0 Å². The number of hydrogen-bond donors (Lipinski definition) is 2. The van der Waals surface area contributed by atoms with E-state index in [0.717, 1.165) is 5.56 Å². The number of nitrogens with one attached hydrogen (secondary N) is 2. The molecule has 2 unspecified atom stereocenters. The van der Waals surface area contributed by atoms with Gasteiger partial charge in [0.1, 0.15) is 6.33 Å². The third kappa shape index (κ3) is 3.24. The molecule has 0 fully saturated rings. The van der Waals surface area contributed by atoms with Crippen LogP contribution in [0.3, 0.4) is 0 Å². The number of H-pyrrole nitrogens is 1. The van der Waals surface area contributed by atoms with Gasteiger partial charge in [-0.25, -0.2) is 5.10 Å². The number of aromatic amines is 1. The predicted molar refractivity (Wildman–Crippen MR) is 109 cm³/mol. The topological polar surface area (TPSA) is 109 Å². The number of carbonyl (C=O) groups is 2. The summed E-state index contributed by atoms with van der Waals surface area (Å²) >= 11 is 0. The number of anilines is 1. The van der Waals surface area contributed by atoms with Gasteiger partial charge in [0.2, 0.25) is 11.9 Å². The first-order chi connectivity index (χ1) is 14.5. The maximum absolute atomic E-state index is 13.3. The summed E-state index contributed by atoms with van der Waals surface area (Å²) < 4.78 is 10.8. The van der Waals surface area contributed by atoms with Crippen LogP contribution in [0.4, 0.5) is 5.95 Å². The Balaban J connectivity index is 1.84. The van der Waals surface area contributed by atoms with E-state index in [0.29, 0.717) is 22.6 Å². The number of nitrogens with zero attached hydrogens (tertiary/aromatic N) is 3. The number of fused-ring (bicyclic) bond motifs is 1. The molecule has 0 aliphatic carbocycles. The molecule has 0 saturated carbocycles. The second-order valence-corrected chi connectivity index (χ2v) is 6.86. The summed E-state index contributed by atoms with van der Waals surface area (Å²) in [5.74, 6) is 0.181. The van der Waals surface area contributed by atoms with E-state index in [1.165, 1.54) is 6.33 Å². The minimum atomic E-state index is -0.674. The highest BCUT2D eigenvalue weighted by Crippen LogP contribution is 2.44. The number of carbonyl (C=O) groups excluding carboxylic acids is 2. The van der Waals surface area contributed by atoms with Gasteiger partial charge in [0.25, 0.3) is 5.91 Å². The molecular weight excluding hydrogens is 386 g/mol. The lowest BCUT2D eigenvalue weighted by Gasteiger charge is -2.39. The van der Waals surface area contributed by atoms with E-state index in [-0.39, 0.29) is 17.8 Å². The quantitative estimate of drug-likeness (QED) is 0.672. The van der Waals surface area contributed by atoms with E-state index in [2.05, 4.69) is 20.5 Å². The van der Waals surface area contributed by atoms with Crippen molar-refractivity contribution < 1.29 is 19.1 Å². The van der Waals surface area contributed by atoms with Crippen LogP contribution in [0.1, 0.15) is 33.4 Å². The Bertz CT molecular complexity index is 1080. The molecule has 0 saturated heterocycles. The van der Waals surface area contributed by atoms with Gasteiger partial charge in [-0.2, -0.15) is 10.1 Å². The Morgan fingerprint density at radius 2 is 1.90 bits per heavy atom. The van der Waals surface area contributed by atoms with Gasteiger partial charge in [0.05, 0.1) is 26.2 Å². The number of ether oxygens (including phenoxy) is 2. The highest BCUT2D eigenvalue weighted by molar-refractivity contribution is 6.03. The van der Waals surface area contributed by atoms with Gasteiger partial charge in [0.15, 0.2) is 11.5 Å². The minimum absolute atomic E-state index is 0.158. The molecule has 2 heterocycles. The van der Waals surface area contributed by atoms with Crippen molar-refractivity contribution >= 4 is 17.8 Å². The third-order valence-electron chi connectivity index (χ3n) is 5.27. The lowest BCUT2D eigenvalue weighted by atomic mass is 9.79. The molecule has 3 aromatic rings. The predicted octanol–water partition coefficient (Wildman–Crippen LogP) is 2.37. The number of methoxy groups -OCH3 is 2. The molecule has 30 heavy (non-hydrogen) atoms. The minimum Gasteiger partial charge on any atom is -0.493 e. The fourth-order valence-corrected chi connectivity index (χ4v) is 3.87. The Morgan fingerprint density at radius 1 is 1.13 bits per heavy atom. The summed E-state index contributed by atoms with van der Waals surface area (Å²) in [6.07, 6.45) is 1.31. The van der Waals surface area contributed by atoms with Crippen LogP contribution >= 0.6 is 0 Å². The van der Waals surface area contributed by atoms with Crippen molar-refractivity contribution in [3.05, 3.63) is 65.5 Å². The Morgan fingerprint density at radius 3 is 2.60 bits per heavy atom. The van der Waals surface area contributed by atoms with E-state index in [4.69, 9.17) is 9.47 Å². The summed E-state index contributed by atoms with van der Waals surface area (Å²) in [7, 11) is 4.78. The zero-order valence-electron chi connectivity index (χ0n) is 16.7. The SMILES string of the molecule is COc1ccc(C2C(C(=O)Nc3ncn[nH]3)c3ccccc3C(=O)N2C)cc1OC. The number of likely N-dealkylation sites (N-methyl/N-ethyl adjacent to an activating group) is 1. The van der Waals surface area contributed by atoms with Crippen molar-refractivity contribution in [1.82, 2.24) is 20.1 Å². The van der Waals surface area contributed by atoms with Crippen molar-refractivity contribution in [2.24, 2.45) is 0 Å². The molecule has 9 heteroatoms. The van der Waals surface area contributed by atoms with Crippen LogP contribution < -0.4 is 14.8 Å². The molecule has 1 aliphatic rings. The first kappa shape index (κ1) is 19.4. The molecular formula is C21H21N5O4. The van der Waals surface area contributed by atoms with Gasteiger partial charge in [-0.3, -0.25) is 14.9 Å². The van der Waals surface area contributed by atoms with Gasteiger partial charge in [0, 0.05) is 12.6 Å². The molecule has 1 aromatic heterocycles. The average Bonchev–Trinajstić information content (AvgIpc) is 3.28. The standard InChI is InChI=1S/C21H21N5O4/c1-26-18(12-8-9-15(29-2)16(10-12)30-3)17(19(27)24-21-22-11-23-25-21)13-6-4-5-7-14(13)20(26)28/h4-11,17-18H,1-3H3,(H2,22,23,24,25,27). The first-order valence-electron chi connectivity index (χ1n) is 9.29. The fraction of sp³-hybridized carbons (Fsp3) is 0.238. The van der Waals surface area contributed by atoms with Gasteiger partial charge in [-0.15, -0.1) is 0 Å². The van der Waals surface area contributed by atoms with E-state index in [1.54, 1.807) is 56.5 Å². The highest BCUT2D eigenvalue weighted by Gasteiger charge is 2.43. The summed E-state index contributed by atoms with van der Waals surface area (Å²) in [6, 6.07) is 12.0. The van der Waals surface area contributed by atoms with Gasteiger partial charge in [-0.1, -0.05) is 24.3 Å². The van der Waals surface area contributed by atoms with Gasteiger partial charge < -0.3 is 14.4 Å². The second kappa shape index (κ2) is 7.86. The van der Waals surface area contributed by atoms with Gasteiger partial charge in [-0.05, 0) is 29.3 Å². The molecule has 2 aromatic carbocycles. The Kier molecular flexibility index (Phi) is 5.09. The van der Waals surface area contributed by atoms with Crippen molar-refractivity contribution in [3.8, 4) is 11.5 Å². The normalized spacial score (nSPS) is 18.0. The van der Waals surface area contributed by atoms with Gasteiger partial charge >= 0.3 is 0 Å². The van der Waals surface area contributed by atoms with Crippen LogP contribution in [-0.4, -0.2) is 53.2 Å².